The molecule has 0 aliphatic heterocycles. The fourth-order valence-corrected chi connectivity index (χ4v) is 2.05. The van der Waals surface area contributed by atoms with Crippen LogP contribution in [0.1, 0.15) is 16.7 Å². The quantitative estimate of drug-likeness (QED) is 0.840. The van der Waals surface area contributed by atoms with Gasteiger partial charge in [-0.05, 0) is 22.8 Å². The molecule has 1 aromatic rings. The number of allylic oxidation sites excluding steroid dienone is 1. The van der Waals surface area contributed by atoms with Crippen molar-refractivity contribution in [3.63, 3.8) is 0 Å². The van der Waals surface area contributed by atoms with Crippen molar-refractivity contribution in [2.24, 2.45) is 0 Å². The summed E-state index contributed by atoms with van der Waals surface area (Å²) in [5.41, 5.74) is 3.13. The van der Waals surface area contributed by atoms with Crippen LogP contribution in [-0.2, 0) is 27.3 Å². The summed E-state index contributed by atoms with van der Waals surface area (Å²) in [5.74, 6) is 0.126. The molecule has 0 bridgehead atoms. The van der Waals surface area contributed by atoms with Crippen molar-refractivity contribution in [1.29, 1.82) is 0 Å². The van der Waals surface area contributed by atoms with E-state index in [-0.39, 0.29) is 19.0 Å². The number of hydrogen-bond donors (Lipinski definition) is 1. The van der Waals surface area contributed by atoms with Crippen LogP contribution in [0.25, 0.3) is 6.08 Å². The van der Waals surface area contributed by atoms with Crippen molar-refractivity contribution in [3.8, 4) is 0 Å². The van der Waals surface area contributed by atoms with E-state index in [0.29, 0.717) is 13.0 Å². The van der Waals surface area contributed by atoms with Gasteiger partial charge in [-0.3, -0.25) is 4.79 Å². The van der Waals surface area contributed by atoms with E-state index in [9.17, 15) is 9.90 Å². The zero-order valence-electron chi connectivity index (χ0n) is 11.0. The number of fused-ring (bicyclic) bond motifs is 1. The molecule has 0 fully saturated rings. The zero-order valence-corrected chi connectivity index (χ0v) is 11.0. The van der Waals surface area contributed by atoms with Gasteiger partial charge in [-0.1, -0.05) is 24.3 Å². The summed E-state index contributed by atoms with van der Waals surface area (Å²) in [4.78, 5) is 11.3. The van der Waals surface area contributed by atoms with Gasteiger partial charge in [0, 0.05) is 13.5 Å². The molecule has 102 valence electrons. The van der Waals surface area contributed by atoms with Crippen LogP contribution in [0.3, 0.4) is 0 Å². The Kier molecular flexibility index (Phi) is 4.85. The van der Waals surface area contributed by atoms with Crippen LogP contribution >= 0.6 is 0 Å². The third-order valence-electron chi connectivity index (χ3n) is 2.96. The fourth-order valence-electron chi connectivity index (χ4n) is 2.05. The van der Waals surface area contributed by atoms with Crippen molar-refractivity contribution in [2.75, 3.05) is 20.3 Å². The normalized spacial score (nSPS) is 15.4. The summed E-state index contributed by atoms with van der Waals surface area (Å²) in [5, 5.41) is 9.45. The summed E-state index contributed by atoms with van der Waals surface area (Å²) < 4.78 is 10.2. The van der Waals surface area contributed by atoms with Gasteiger partial charge in [0.2, 0.25) is 0 Å². The zero-order chi connectivity index (χ0) is 13.7. The number of carbonyl (C=O) groups excluding carboxylic acids is 1. The van der Waals surface area contributed by atoms with Crippen molar-refractivity contribution in [2.45, 2.75) is 19.1 Å². The molecule has 0 amide bonds. The minimum absolute atomic E-state index is 0.126. The average molecular weight is 262 g/mol. The number of ether oxygens (including phenoxy) is 2. The molecule has 1 unspecified atom stereocenters. The van der Waals surface area contributed by atoms with Gasteiger partial charge in [0.05, 0.1) is 19.8 Å². The van der Waals surface area contributed by atoms with Gasteiger partial charge in [0.1, 0.15) is 6.10 Å². The standard InChI is InChI=1S/C15H18O4/c1-18-9-15(17)10-19-8-11-2-3-12-4-5-14(16)7-13(12)6-11/h2-6,15,17H,7-10H2,1H3. The van der Waals surface area contributed by atoms with E-state index in [1.807, 2.05) is 24.3 Å². The minimum Gasteiger partial charge on any atom is -0.388 e. The van der Waals surface area contributed by atoms with Crippen molar-refractivity contribution in [1.82, 2.24) is 0 Å². The van der Waals surface area contributed by atoms with Gasteiger partial charge in [-0.25, -0.2) is 0 Å². The molecule has 19 heavy (non-hydrogen) atoms. The first-order valence-electron chi connectivity index (χ1n) is 6.26. The van der Waals surface area contributed by atoms with E-state index >= 15 is 0 Å². The van der Waals surface area contributed by atoms with E-state index in [2.05, 4.69) is 0 Å². The summed E-state index contributed by atoms with van der Waals surface area (Å²) in [6.07, 6.45) is 3.30. The van der Waals surface area contributed by atoms with Crippen LogP contribution in [0.5, 0.6) is 0 Å². The number of benzene rings is 1. The largest absolute Gasteiger partial charge is 0.388 e. The Morgan fingerprint density at radius 1 is 1.32 bits per heavy atom. The Labute approximate surface area is 112 Å². The highest BCUT2D eigenvalue weighted by atomic mass is 16.5. The number of methoxy groups -OCH3 is 1. The molecular weight excluding hydrogens is 244 g/mol. The number of carbonyl (C=O) groups is 1. The van der Waals surface area contributed by atoms with Gasteiger partial charge in [-0.15, -0.1) is 0 Å². The number of ketones is 1. The third-order valence-corrected chi connectivity index (χ3v) is 2.96. The molecule has 1 N–H and O–H groups in total. The second-order valence-electron chi connectivity index (χ2n) is 4.63. The smallest absolute Gasteiger partial charge is 0.160 e. The number of aliphatic hydroxyl groups excluding tert-OH is 1. The summed E-state index contributed by atoms with van der Waals surface area (Å²) in [7, 11) is 1.54. The second kappa shape index (κ2) is 6.61. The molecule has 0 saturated carbocycles. The summed E-state index contributed by atoms with van der Waals surface area (Å²) in [6.45, 7) is 0.930. The van der Waals surface area contributed by atoms with Crippen LogP contribution in [0.4, 0.5) is 0 Å². The molecule has 2 rings (SSSR count). The molecular formula is C15H18O4. The highest BCUT2D eigenvalue weighted by Gasteiger charge is 2.11. The van der Waals surface area contributed by atoms with E-state index < -0.39 is 6.10 Å². The predicted octanol–water partition coefficient (Wildman–Crippen LogP) is 1.35. The van der Waals surface area contributed by atoms with Gasteiger partial charge in [0.15, 0.2) is 5.78 Å². The van der Waals surface area contributed by atoms with E-state index in [4.69, 9.17) is 9.47 Å². The van der Waals surface area contributed by atoms with Crippen LogP contribution < -0.4 is 0 Å². The predicted molar refractivity (Wildman–Crippen MR) is 71.7 cm³/mol. The lowest BCUT2D eigenvalue weighted by Crippen LogP contribution is -2.20. The fraction of sp³-hybridized carbons (Fsp3) is 0.400. The summed E-state index contributed by atoms with van der Waals surface area (Å²) >= 11 is 0. The van der Waals surface area contributed by atoms with Gasteiger partial charge < -0.3 is 14.6 Å². The first-order valence-corrected chi connectivity index (χ1v) is 6.26. The van der Waals surface area contributed by atoms with Gasteiger partial charge in [0.25, 0.3) is 0 Å². The van der Waals surface area contributed by atoms with Crippen LogP contribution in [-0.4, -0.2) is 37.3 Å². The third kappa shape index (κ3) is 3.99. The van der Waals surface area contributed by atoms with Gasteiger partial charge in [-0.2, -0.15) is 0 Å². The molecule has 1 aliphatic rings. The highest BCUT2D eigenvalue weighted by Crippen LogP contribution is 2.19. The molecule has 1 atom stereocenters. The number of rotatable bonds is 6. The van der Waals surface area contributed by atoms with Crippen molar-refractivity contribution in [3.05, 3.63) is 41.0 Å². The molecule has 0 radical (unpaired) electrons. The lowest BCUT2D eigenvalue weighted by Gasteiger charge is -2.13. The van der Waals surface area contributed by atoms with E-state index in [1.165, 1.54) is 7.11 Å². The average Bonchev–Trinajstić information content (AvgIpc) is 2.38. The minimum atomic E-state index is -0.605. The first kappa shape index (κ1) is 13.9. The maximum Gasteiger partial charge on any atom is 0.160 e. The van der Waals surface area contributed by atoms with Crippen molar-refractivity contribution < 1.29 is 19.4 Å². The molecule has 0 aromatic heterocycles. The second-order valence-corrected chi connectivity index (χ2v) is 4.63. The van der Waals surface area contributed by atoms with Crippen LogP contribution in [0, 0.1) is 0 Å². The topological polar surface area (TPSA) is 55.8 Å². The molecule has 4 nitrogen and oxygen atoms in total. The Hall–Kier alpha value is -1.49. The monoisotopic (exact) mass is 262 g/mol. The Morgan fingerprint density at radius 2 is 2.16 bits per heavy atom. The summed E-state index contributed by atoms with van der Waals surface area (Å²) in [6, 6.07) is 5.95. The van der Waals surface area contributed by atoms with Gasteiger partial charge >= 0.3 is 0 Å². The molecule has 0 heterocycles. The Balaban J connectivity index is 1.90. The Bertz CT molecular complexity index is 479. The molecule has 0 spiro atoms. The first-order chi connectivity index (χ1) is 9.19. The van der Waals surface area contributed by atoms with E-state index in [0.717, 1.165) is 16.7 Å². The molecule has 4 heteroatoms. The van der Waals surface area contributed by atoms with Crippen LogP contribution in [0.15, 0.2) is 24.3 Å². The van der Waals surface area contributed by atoms with Crippen LogP contribution in [0.2, 0.25) is 0 Å². The SMILES string of the molecule is COCC(O)COCc1ccc2c(c1)CC(=O)C=C2. The molecule has 1 aliphatic carbocycles. The maximum absolute atomic E-state index is 11.3. The lowest BCUT2D eigenvalue weighted by atomic mass is 9.95. The maximum atomic E-state index is 11.3. The van der Waals surface area contributed by atoms with E-state index in [1.54, 1.807) is 6.08 Å². The van der Waals surface area contributed by atoms with Crippen molar-refractivity contribution >= 4 is 11.9 Å². The molecule has 0 saturated heterocycles. The number of hydrogen-bond acceptors (Lipinski definition) is 4. The molecule has 1 aromatic carbocycles. The Morgan fingerprint density at radius 3 is 2.95 bits per heavy atom. The highest BCUT2D eigenvalue weighted by molar-refractivity contribution is 5.98. The lowest BCUT2D eigenvalue weighted by molar-refractivity contribution is -0.114. The number of aliphatic hydroxyl groups is 1.